The Hall–Kier alpha value is -1.59. The Morgan fingerprint density at radius 2 is 2.00 bits per heavy atom. The van der Waals surface area contributed by atoms with Crippen molar-refractivity contribution in [3.05, 3.63) is 35.9 Å². The number of hydrogen-bond acceptors (Lipinski definition) is 3. The molecule has 1 saturated carbocycles. The van der Waals surface area contributed by atoms with Crippen molar-refractivity contribution in [3.63, 3.8) is 0 Å². The molecule has 3 fully saturated rings. The highest BCUT2D eigenvalue weighted by atomic mass is 16.5. The van der Waals surface area contributed by atoms with Crippen LogP contribution >= 0.6 is 0 Å². The number of rotatable bonds is 6. The van der Waals surface area contributed by atoms with E-state index >= 15 is 0 Å². The molecule has 0 spiro atoms. The molecule has 1 N–H and O–H groups in total. The number of aliphatic imine (C=N–C) groups is 1. The van der Waals surface area contributed by atoms with Gasteiger partial charge >= 0.3 is 0 Å². The van der Waals surface area contributed by atoms with Crippen molar-refractivity contribution in [2.45, 2.75) is 51.2 Å². The third kappa shape index (κ3) is 4.82. The monoisotopic (exact) mass is 371 g/mol. The van der Waals surface area contributed by atoms with E-state index in [9.17, 15) is 0 Å². The van der Waals surface area contributed by atoms with E-state index in [1.54, 1.807) is 0 Å². The summed E-state index contributed by atoms with van der Waals surface area (Å²) in [4.78, 5) is 7.44. The van der Waals surface area contributed by atoms with Crippen LogP contribution in [-0.4, -0.2) is 62.5 Å². The molecule has 5 nitrogen and oxygen atoms in total. The maximum Gasteiger partial charge on any atom is 0.194 e. The smallest absolute Gasteiger partial charge is 0.194 e. The number of nitrogens with zero attached hydrogens (tertiary/aromatic N) is 2. The maximum absolute atomic E-state index is 6.01. The summed E-state index contributed by atoms with van der Waals surface area (Å²) in [6.45, 7) is 7.36. The highest BCUT2D eigenvalue weighted by molar-refractivity contribution is 5.80. The van der Waals surface area contributed by atoms with Gasteiger partial charge in [0.15, 0.2) is 5.96 Å². The average molecular weight is 372 g/mol. The van der Waals surface area contributed by atoms with Crippen molar-refractivity contribution < 1.29 is 9.47 Å². The highest BCUT2D eigenvalue weighted by Crippen LogP contribution is 2.48. The molecule has 2 atom stereocenters. The molecule has 3 aliphatic rings. The van der Waals surface area contributed by atoms with Crippen molar-refractivity contribution in [2.24, 2.45) is 10.4 Å². The fraction of sp³-hybridized carbons (Fsp3) is 0.682. The van der Waals surface area contributed by atoms with Crippen LogP contribution in [-0.2, 0) is 15.9 Å². The standard InChI is InChI=1S/C22H33N3O2/c1-2-23-21(25-12-14-27-20(16-25)19-9-6-13-26-19)24-17-22(10-11-22)15-18-7-4-3-5-8-18/h3-5,7-8,19-20H,2,6,9-17H2,1H3,(H,23,24). The fourth-order valence-corrected chi connectivity index (χ4v) is 4.25. The molecule has 0 bridgehead atoms. The minimum atomic E-state index is 0.171. The molecule has 148 valence electrons. The molecular weight excluding hydrogens is 338 g/mol. The molecule has 0 aromatic heterocycles. The molecule has 2 heterocycles. The van der Waals surface area contributed by atoms with Gasteiger partial charge in [-0.2, -0.15) is 0 Å². The van der Waals surface area contributed by atoms with Crippen molar-refractivity contribution >= 4 is 5.96 Å². The van der Waals surface area contributed by atoms with E-state index in [-0.39, 0.29) is 12.2 Å². The molecule has 2 saturated heterocycles. The third-order valence-corrected chi connectivity index (χ3v) is 6.05. The molecule has 5 heteroatoms. The maximum atomic E-state index is 6.01. The van der Waals surface area contributed by atoms with Crippen molar-refractivity contribution in [3.8, 4) is 0 Å². The van der Waals surface area contributed by atoms with Crippen molar-refractivity contribution in [1.29, 1.82) is 0 Å². The molecule has 0 amide bonds. The molecule has 2 aliphatic heterocycles. The number of hydrogen-bond donors (Lipinski definition) is 1. The lowest BCUT2D eigenvalue weighted by Crippen LogP contribution is -2.53. The number of benzene rings is 1. The quantitative estimate of drug-likeness (QED) is 0.617. The zero-order valence-electron chi connectivity index (χ0n) is 16.5. The van der Waals surface area contributed by atoms with Crippen molar-refractivity contribution in [1.82, 2.24) is 10.2 Å². The van der Waals surface area contributed by atoms with Crippen LogP contribution < -0.4 is 5.32 Å². The second kappa shape index (κ2) is 8.61. The lowest BCUT2D eigenvalue weighted by Gasteiger charge is -2.37. The number of morpholine rings is 1. The van der Waals surface area contributed by atoms with E-state index in [0.29, 0.717) is 5.41 Å². The van der Waals surface area contributed by atoms with Crippen molar-refractivity contribution in [2.75, 3.05) is 39.4 Å². The summed E-state index contributed by atoms with van der Waals surface area (Å²) in [5, 5.41) is 3.51. The second-order valence-electron chi connectivity index (χ2n) is 8.24. The zero-order chi connectivity index (χ0) is 18.5. The molecule has 1 aliphatic carbocycles. The first-order chi connectivity index (χ1) is 13.3. The largest absolute Gasteiger partial charge is 0.375 e. The number of guanidine groups is 1. The van der Waals surface area contributed by atoms with Crippen LogP contribution in [0.4, 0.5) is 0 Å². The molecule has 1 aromatic carbocycles. The van der Waals surface area contributed by atoms with Gasteiger partial charge in [0.25, 0.3) is 0 Å². The van der Waals surface area contributed by atoms with E-state index in [2.05, 4.69) is 47.5 Å². The minimum absolute atomic E-state index is 0.171. The van der Waals surface area contributed by atoms with E-state index in [1.165, 1.54) is 18.4 Å². The van der Waals surface area contributed by atoms with Crippen LogP contribution in [0.15, 0.2) is 35.3 Å². The Bertz CT molecular complexity index is 624. The fourth-order valence-electron chi connectivity index (χ4n) is 4.25. The van der Waals surface area contributed by atoms with Crippen LogP contribution in [0.5, 0.6) is 0 Å². The Balaban J connectivity index is 1.39. The van der Waals surface area contributed by atoms with E-state index in [4.69, 9.17) is 14.5 Å². The van der Waals surface area contributed by atoms with Gasteiger partial charge in [0, 0.05) is 32.8 Å². The summed E-state index contributed by atoms with van der Waals surface area (Å²) < 4.78 is 11.9. The summed E-state index contributed by atoms with van der Waals surface area (Å²) in [5.41, 5.74) is 1.79. The summed E-state index contributed by atoms with van der Waals surface area (Å²) in [5.74, 6) is 1.04. The van der Waals surface area contributed by atoms with Crippen LogP contribution in [0, 0.1) is 5.41 Å². The van der Waals surface area contributed by atoms with Gasteiger partial charge in [0.1, 0.15) is 6.10 Å². The van der Waals surface area contributed by atoms with Gasteiger partial charge in [0.2, 0.25) is 0 Å². The summed E-state index contributed by atoms with van der Waals surface area (Å²) in [7, 11) is 0. The SMILES string of the molecule is CCNC(=NCC1(Cc2ccccc2)CC1)N1CCOC(C2CCCO2)C1. The number of nitrogens with one attached hydrogen (secondary N) is 1. The Labute approximate surface area is 163 Å². The summed E-state index contributed by atoms with van der Waals surface area (Å²) in [6, 6.07) is 10.8. The van der Waals surface area contributed by atoms with Crippen LogP contribution in [0.1, 0.15) is 38.2 Å². The lowest BCUT2D eigenvalue weighted by molar-refractivity contribution is -0.0817. The van der Waals surface area contributed by atoms with Gasteiger partial charge in [-0.25, -0.2) is 0 Å². The zero-order valence-corrected chi connectivity index (χ0v) is 16.5. The molecular formula is C22H33N3O2. The molecule has 0 radical (unpaired) electrons. The molecule has 2 unspecified atom stereocenters. The Morgan fingerprint density at radius 3 is 2.70 bits per heavy atom. The first-order valence-corrected chi connectivity index (χ1v) is 10.6. The van der Waals surface area contributed by atoms with Crippen LogP contribution in [0.2, 0.25) is 0 Å². The predicted octanol–water partition coefficient (Wildman–Crippen LogP) is 2.85. The Kier molecular flexibility index (Phi) is 5.98. The first-order valence-electron chi connectivity index (χ1n) is 10.6. The van der Waals surface area contributed by atoms with Gasteiger partial charge in [0.05, 0.1) is 12.7 Å². The summed E-state index contributed by atoms with van der Waals surface area (Å²) in [6.07, 6.45) is 6.40. The Morgan fingerprint density at radius 1 is 1.19 bits per heavy atom. The van der Waals surface area contributed by atoms with Gasteiger partial charge in [-0.1, -0.05) is 30.3 Å². The average Bonchev–Trinajstić information content (AvgIpc) is 3.24. The van der Waals surface area contributed by atoms with E-state index in [0.717, 1.165) is 64.6 Å². The minimum Gasteiger partial charge on any atom is -0.375 e. The normalized spacial score (nSPS) is 27.6. The van der Waals surface area contributed by atoms with E-state index < -0.39 is 0 Å². The molecule has 27 heavy (non-hydrogen) atoms. The van der Waals surface area contributed by atoms with E-state index in [1.807, 2.05) is 0 Å². The van der Waals surface area contributed by atoms with Gasteiger partial charge < -0.3 is 19.7 Å². The lowest BCUT2D eigenvalue weighted by atomic mass is 9.97. The topological polar surface area (TPSA) is 46.1 Å². The highest BCUT2D eigenvalue weighted by Gasteiger charge is 2.42. The number of ether oxygens (including phenoxy) is 2. The molecule has 4 rings (SSSR count). The van der Waals surface area contributed by atoms with Gasteiger partial charge in [-0.3, -0.25) is 4.99 Å². The third-order valence-electron chi connectivity index (χ3n) is 6.05. The van der Waals surface area contributed by atoms with Crippen LogP contribution in [0.3, 0.4) is 0 Å². The summed E-state index contributed by atoms with van der Waals surface area (Å²) >= 11 is 0. The first kappa shape index (κ1) is 18.8. The van der Waals surface area contributed by atoms with Crippen LogP contribution in [0.25, 0.3) is 0 Å². The molecule has 1 aromatic rings. The second-order valence-corrected chi connectivity index (χ2v) is 8.24. The van der Waals surface area contributed by atoms with Gasteiger partial charge in [-0.15, -0.1) is 0 Å². The van der Waals surface area contributed by atoms with Gasteiger partial charge in [-0.05, 0) is 50.0 Å². The predicted molar refractivity (Wildman–Crippen MR) is 108 cm³/mol.